The van der Waals surface area contributed by atoms with E-state index in [1.165, 1.54) is 0 Å². The van der Waals surface area contributed by atoms with E-state index in [2.05, 4.69) is 15.5 Å². The first-order chi connectivity index (χ1) is 11.9. The maximum atomic E-state index is 12.6. The molecule has 0 aromatic heterocycles. The first kappa shape index (κ1) is 21.7. The summed E-state index contributed by atoms with van der Waals surface area (Å²) in [5.41, 5.74) is 17.0. The SMILES string of the molecule is CC(CCCNC(=N)N)NC(=O)C1CCCN1C[C@@H](N)CCCCN. The number of guanidine groups is 1. The van der Waals surface area contributed by atoms with Crippen LogP contribution in [0.25, 0.3) is 0 Å². The quantitative estimate of drug-likeness (QED) is 0.161. The minimum Gasteiger partial charge on any atom is -0.370 e. The van der Waals surface area contributed by atoms with Gasteiger partial charge in [0.05, 0.1) is 6.04 Å². The van der Waals surface area contributed by atoms with E-state index in [0.717, 1.165) is 58.0 Å². The Morgan fingerprint density at radius 3 is 2.76 bits per heavy atom. The van der Waals surface area contributed by atoms with Crippen molar-refractivity contribution in [2.75, 3.05) is 26.2 Å². The van der Waals surface area contributed by atoms with Crippen LogP contribution in [0.5, 0.6) is 0 Å². The zero-order valence-corrected chi connectivity index (χ0v) is 15.6. The van der Waals surface area contributed by atoms with Gasteiger partial charge in [0.1, 0.15) is 0 Å². The van der Waals surface area contributed by atoms with Gasteiger partial charge in [-0.05, 0) is 58.5 Å². The highest BCUT2D eigenvalue weighted by Gasteiger charge is 2.31. The Labute approximate surface area is 151 Å². The van der Waals surface area contributed by atoms with E-state index in [1.807, 2.05) is 6.92 Å². The number of likely N-dealkylation sites (tertiary alicyclic amines) is 1. The van der Waals surface area contributed by atoms with Crippen molar-refractivity contribution in [3.63, 3.8) is 0 Å². The second kappa shape index (κ2) is 12.1. The third-order valence-electron chi connectivity index (χ3n) is 4.68. The fourth-order valence-corrected chi connectivity index (χ4v) is 3.33. The van der Waals surface area contributed by atoms with Crippen molar-refractivity contribution in [3.8, 4) is 0 Å². The lowest BCUT2D eigenvalue weighted by Gasteiger charge is -2.27. The first-order valence-corrected chi connectivity index (χ1v) is 9.52. The van der Waals surface area contributed by atoms with Gasteiger partial charge in [-0.1, -0.05) is 6.42 Å². The van der Waals surface area contributed by atoms with Crippen molar-refractivity contribution in [2.45, 2.75) is 70.0 Å². The van der Waals surface area contributed by atoms with Gasteiger partial charge in [-0.25, -0.2) is 0 Å². The van der Waals surface area contributed by atoms with Gasteiger partial charge >= 0.3 is 0 Å². The predicted octanol–water partition coefficient (Wildman–Crippen LogP) is -0.325. The molecule has 8 nitrogen and oxygen atoms in total. The highest BCUT2D eigenvalue weighted by atomic mass is 16.2. The van der Waals surface area contributed by atoms with Crippen LogP contribution < -0.4 is 27.8 Å². The van der Waals surface area contributed by atoms with Gasteiger partial charge in [-0.2, -0.15) is 0 Å². The molecule has 0 spiro atoms. The molecule has 0 bridgehead atoms. The van der Waals surface area contributed by atoms with E-state index in [4.69, 9.17) is 22.6 Å². The van der Waals surface area contributed by atoms with Crippen molar-refractivity contribution in [1.82, 2.24) is 15.5 Å². The Morgan fingerprint density at radius 2 is 2.08 bits per heavy atom. The normalized spacial score (nSPS) is 20.2. The predicted molar refractivity (Wildman–Crippen MR) is 102 cm³/mol. The zero-order valence-electron chi connectivity index (χ0n) is 15.6. The molecule has 0 aromatic carbocycles. The summed E-state index contributed by atoms with van der Waals surface area (Å²) in [5, 5.41) is 13.0. The minimum absolute atomic E-state index is 0.0129. The summed E-state index contributed by atoms with van der Waals surface area (Å²) in [6.07, 6.45) is 6.69. The van der Waals surface area contributed by atoms with E-state index in [9.17, 15) is 4.79 Å². The second-order valence-electron chi connectivity index (χ2n) is 7.09. The summed E-state index contributed by atoms with van der Waals surface area (Å²) in [4.78, 5) is 14.8. The lowest BCUT2D eigenvalue weighted by Crippen LogP contribution is -2.49. The maximum absolute atomic E-state index is 12.6. The Hall–Kier alpha value is -1.38. The van der Waals surface area contributed by atoms with Crippen LogP contribution in [0, 0.1) is 5.41 Å². The molecule has 3 atom stereocenters. The average Bonchev–Trinajstić information content (AvgIpc) is 2.99. The number of rotatable bonds is 12. The summed E-state index contributed by atoms with van der Waals surface area (Å²) < 4.78 is 0. The van der Waals surface area contributed by atoms with Crippen molar-refractivity contribution in [2.24, 2.45) is 17.2 Å². The molecule has 9 N–H and O–H groups in total. The third-order valence-corrected chi connectivity index (χ3v) is 4.68. The Bertz CT molecular complexity index is 404. The molecule has 0 aliphatic carbocycles. The van der Waals surface area contributed by atoms with Gasteiger partial charge in [0, 0.05) is 25.2 Å². The molecule has 1 heterocycles. The fourth-order valence-electron chi connectivity index (χ4n) is 3.33. The van der Waals surface area contributed by atoms with Gasteiger partial charge in [-0.3, -0.25) is 15.1 Å². The molecule has 1 aliphatic rings. The molecule has 0 saturated carbocycles. The minimum atomic E-state index is -0.0571. The summed E-state index contributed by atoms with van der Waals surface area (Å²) in [6.45, 7) is 5.10. The molecule has 1 aliphatic heterocycles. The van der Waals surface area contributed by atoms with Crippen molar-refractivity contribution in [3.05, 3.63) is 0 Å². The van der Waals surface area contributed by atoms with Crippen molar-refractivity contribution >= 4 is 11.9 Å². The number of hydrogen-bond acceptors (Lipinski definition) is 5. The lowest BCUT2D eigenvalue weighted by molar-refractivity contribution is -0.126. The van der Waals surface area contributed by atoms with Crippen LogP contribution >= 0.6 is 0 Å². The smallest absolute Gasteiger partial charge is 0.237 e. The highest BCUT2D eigenvalue weighted by Crippen LogP contribution is 2.18. The van der Waals surface area contributed by atoms with E-state index in [-0.39, 0.29) is 30.0 Å². The molecule has 1 amide bonds. The number of nitrogens with one attached hydrogen (secondary N) is 3. The monoisotopic (exact) mass is 355 g/mol. The number of nitrogens with two attached hydrogens (primary N) is 3. The number of nitrogens with zero attached hydrogens (tertiary/aromatic N) is 1. The average molecular weight is 356 g/mol. The van der Waals surface area contributed by atoms with Crippen LogP contribution in [-0.4, -0.2) is 61.1 Å². The van der Waals surface area contributed by atoms with Crippen LogP contribution in [0.15, 0.2) is 0 Å². The molecule has 1 rings (SSSR count). The van der Waals surface area contributed by atoms with Gasteiger partial charge in [0.15, 0.2) is 5.96 Å². The number of carbonyl (C=O) groups is 1. The van der Waals surface area contributed by atoms with E-state index < -0.39 is 0 Å². The summed E-state index contributed by atoms with van der Waals surface area (Å²) >= 11 is 0. The molecular weight excluding hydrogens is 318 g/mol. The number of amides is 1. The van der Waals surface area contributed by atoms with Crippen molar-refractivity contribution < 1.29 is 4.79 Å². The largest absolute Gasteiger partial charge is 0.370 e. The van der Waals surface area contributed by atoms with Crippen LogP contribution in [0.3, 0.4) is 0 Å². The summed E-state index contributed by atoms with van der Waals surface area (Å²) in [5.74, 6) is 0.0970. The Kier molecular flexibility index (Phi) is 10.4. The first-order valence-electron chi connectivity index (χ1n) is 9.52. The Morgan fingerprint density at radius 1 is 1.32 bits per heavy atom. The van der Waals surface area contributed by atoms with E-state index >= 15 is 0 Å². The molecule has 2 unspecified atom stereocenters. The van der Waals surface area contributed by atoms with E-state index in [1.54, 1.807) is 0 Å². The van der Waals surface area contributed by atoms with Gasteiger partial charge in [-0.15, -0.1) is 0 Å². The highest BCUT2D eigenvalue weighted by molar-refractivity contribution is 5.82. The second-order valence-corrected chi connectivity index (χ2v) is 7.09. The summed E-state index contributed by atoms with van der Waals surface area (Å²) in [6, 6.07) is 0.162. The van der Waals surface area contributed by atoms with Crippen LogP contribution in [0.1, 0.15) is 51.9 Å². The van der Waals surface area contributed by atoms with Gasteiger partial charge in [0.25, 0.3) is 0 Å². The number of unbranched alkanes of at least 4 members (excludes halogenated alkanes) is 1. The van der Waals surface area contributed by atoms with Gasteiger partial charge < -0.3 is 27.8 Å². The zero-order chi connectivity index (χ0) is 18.7. The molecule has 146 valence electrons. The molecule has 1 saturated heterocycles. The Balaban J connectivity index is 2.31. The number of hydrogen-bond donors (Lipinski definition) is 6. The topological polar surface area (TPSA) is 146 Å². The molecule has 8 heteroatoms. The molecule has 1 fully saturated rings. The van der Waals surface area contributed by atoms with Crippen LogP contribution in [0.2, 0.25) is 0 Å². The molecule has 25 heavy (non-hydrogen) atoms. The maximum Gasteiger partial charge on any atom is 0.237 e. The molecule has 0 radical (unpaired) electrons. The van der Waals surface area contributed by atoms with Gasteiger partial charge in [0.2, 0.25) is 5.91 Å². The van der Waals surface area contributed by atoms with E-state index in [0.29, 0.717) is 13.1 Å². The molecule has 0 aromatic rings. The third kappa shape index (κ3) is 9.04. The standard InChI is InChI=1S/C17H37N7O/c1-13(6-4-10-22-17(20)21)23-16(25)15-8-5-11-24(15)12-14(19)7-2-3-9-18/h13-15H,2-12,18-19H2,1H3,(H,23,25)(H4,20,21,22)/t13?,14-,15?/m0/s1. The lowest BCUT2D eigenvalue weighted by atomic mass is 10.1. The van der Waals surface area contributed by atoms with Crippen molar-refractivity contribution in [1.29, 1.82) is 5.41 Å². The van der Waals surface area contributed by atoms with Crippen LogP contribution in [0.4, 0.5) is 0 Å². The van der Waals surface area contributed by atoms with Crippen LogP contribution in [-0.2, 0) is 4.79 Å². The molecular formula is C17H37N7O. The number of carbonyl (C=O) groups excluding carboxylic acids is 1. The fraction of sp³-hybridized carbons (Fsp3) is 0.882. The summed E-state index contributed by atoms with van der Waals surface area (Å²) in [7, 11) is 0.